The lowest BCUT2D eigenvalue weighted by atomic mass is 10.2. The van der Waals surface area contributed by atoms with E-state index in [1.54, 1.807) is 6.20 Å². The number of hydrogen-bond acceptors (Lipinski definition) is 3. The normalized spacial score (nSPS) is 10.6. The van der Waals surface area contributed by atoms with Crippen LogP contribution in [0.25, 0.3) is 0 Å². The molecule has 1 aromatic heterocycles. The largest absolute Gasteiger partial charge is 0.325 e. The third-order valence-electron chi connectivity index (χ3n) is 3.61. The summed E-state index contributed by atoms with van der Waals surface area (Å²) in [6.45, 7) is 2.62. The van der Waals surface area contributed by atoms with Gasteiger partial charge in [0.05, 0.1) is 12.3 Å². The van der Waals surface area contributed by atoms with E-state index in [1.807, 2.05) is 66.2 Å². The van der Waals surface area contributed by atoms with E-state index in [9.17, 15) is 4.79 Å². The van der Waals surface area contributed by atoms with Crippen LogP contribution in [-0.2, 0) is 11.3 Å². The van der Waals surface area contributed by atoms with Gasteiger partial charge in [0.1, 0.15) is 0 Å². The van der Waals surface area contributed by atoms with Crippen LogP contribution in [0.1, 0.15) is 11.1 Å². The fraction of sp³-hybridized carbons (Fsp3) is 0.158. The first-order valence-electron chi connectivity index (χ1n) is 7.85. The monoisotopic (exact) mass is 371 g/mol. The second-order valence-electron chi connectivity index (χ2n) is 5.64. The van der Waals surface area contributed by atoms with E-state index in [2.05, 4.69) is 10.3 Å². The van der Waals surface area contributed by atoms with E-state index in [1.165, 1.54) is 11.8 Å². The van der Waals surface area contributed by atoms with E-state index in [0.29, 0.717) is 12.3 Å². The van der Waals surface area contributed by atoms with Crippen LogP contribution in [0.5, 0.6) is 0 Å². The van der Waals surface area contributed by atoms with Crippen molar-refractivity contribution in [3.05, 3.63) is 77.1 Å². The Bertz CT molecular complexity index is 878. The van der Waals surface area contributed by atoms with E-state index < -0.39 is 0 Å². The van der Waals surface area contributed by atoms with Gasteiger partial charge in [0.15, 0.2) is 5.16 Å². The number of nitrogens with one attached hydrogen (secondary N) is 1. The van der Waals surface area contributed by atoms with Gasteiger partial charge >= 0.3 is 0 Å². The van der Waals surface area contributed by atoms with Crippen molar-refractivity contribution in [1.82, 2.24) is 9.55 Å². The number of carbonyl (C=O) groups excluding carboxylic acids is 1. The van der Waals surface area contributed by atoms with Crippen molar-refractivity contribution in [1.29, 1.82) is 0 Å². The fourth-order valence-corrected chi connectivity index (χ4v) is 3.37. The van der Waals surface area contributed by atoms with Gasteiger partial charge in [0.2, 0.25) is 5.91 Å². The summed E-state index contributed by atoms with van der Waals surface area (Å²) in [6, 6.07) is 15.5. The zero-order valence-corrected chi connectivity index (χ0v) is 15.3. The number of thioether (sulfide) groups is 1. The maximum absolute atomic E-state index is 12.2. The molecular weight excluding hydrogens is 354 g/mol. The van der Waals surface area contributed by atoms with Crippen LogP contribution in [0, 0.1) is 6.92 Å². The standard InChI is InChI=1S/C19H18ClN3OS/c1-14-5-4-7-16(11-14)22-18(24)13-25-19-21-9-10-23(19)12-15-6-2-3-8-17(15)20/h2-11H,12-13H2,1H3,(H,22,24). The van der Waals surface area contributed by atoms with Gasteiger partial charge in [-0.25, -0.2) is 4.98 Å². The quantitative estimate of drug-likeness (QED) is 0.643. The number of aryl methyl sites for hydroxylation is 1. The summed E-state index contributed by atoms with van der Waals surface area (Å²) in [5.74, 6) is 0.246. The van der Waals surface area contributed by atoms with Gasteiger partial charge < -0.3 is 9.88 Å². The minimum absolute atomic E-state index is 0.0529. The smallest absolute Gasteiger partial charge is 0.234 e. The highest BCUT2D eigenvalue weighted by Crippen LogP contribution is 2.21. The predicted octanol–water partition coefficient (Wildman–Crippen LogP) is 4.62. The highest BCUT2D eigenvalue weighted by molar-refractivity contribution is 7.99. The molecule has 0 saturated carbocycles. The topological polar surface area (TPSA) is 46.9 Å². The summed E-state index contributed by atoms with van der Waals surface area (Å²) in [6.07, 6.45) is 3.63. The summed E-state index contributed by atoms with van der Waals surface area (Å²) in [4.78, 5) is 16.5. The summed E-state index contributed by atoms with van der Waals surface area (Å²) in [7, 11) is 0. The molecule has 25 heavy (non-hydrogen) atoms. The SMILES string of the molecule is Cc1cccc(NC(=O)CSc2nccn2Cc2ccccc2Cl)c1. The Morgan fingerprint density at radius 2 is 2.08 bits per heavy atom. The molecule has 0 unspecified atom stereocenters. The second kappa shape index (κ2) is 8.23. The van der Waals surface area contributed by atoms with E-state index in [-0.39, 0.29) is 5.91 Å². The van der Waals surface area contributed by atoms with Gasteiger partial charge in [0, 0.05) is 23.1 Å². The fourth-order valence-electron chi connectivity index (χ4n) is 2.42. The molecule has 128 valence electrons. The minimum atomic E-state index is -0.0529. The maximum atomic E-state index is 12.2. The molecule has 1 amide bonds. The molecule has 0 atom stereocenters. The second-order valence-corrected chi connectivity index (χ2v) is 6.99. The molecule has 4 nitrogen and oxygen atoms in total. The van der Waals surface area contributed by atoms with Gasteiger partial charge in [-0.1, -0.05) is 53.7 Å². The number of aromatic nitrogens is 2. The molecule has 0 bridgehead atoms. The number of benzene rings is 2. The third-order valence-corrected chi connectivity index (χ3v) is 4.98. The molecule has 0 spiro atoms. The molecule has 0 fully saturated rings. The molecule has 0 aliphatic carbocycles. The number of imidazole rings is 1. The number of amides is 1. The number of carbonyl (C=O) groups is 1. The summed E-state index contributed by atoms with van der Waals surface area (Å²) in [5, 5.41) is 4.42. The predicted molar refractivity (Wildman–Crippen MR) is 103 cm³/mol. The first-order chi connectivity index (χ1) is 12.1. The molecule has 1 heterocycles. The van der Waals surface area contributed by atoms with Crippen molar-refractivity contribution in [2.24, 2.45) is 0 Å². The first kappa shape index (κ1) is 17.6. The van der Waals surface area contributed by atoms with Gasteiger partial charge in [-0.05, 0) is 36.2 Å². The Morgan fingerprint density at radius 1 is 1.24 bits per heavy atom. The van der Waals surface area contributed by atoms with Crippen LogP contribution in [0.3, 0.4) is 0 Å². The van der Waals surface area contributed by atoms with E-state index in [0.717, 1.165) is 27.0 Å². The van der Waals surface area contributed by atoms with Crippen molar-refractivity contribution in [2.45, 2.75) is 18.6 Å². The average Bonchev–Trinajstić information content (AvgIpc) is 3.02. The lowest BCUT2D eigenvalue weighted by molar-refractivity contribution is -0.113. The zero-order chi connectivity index (χ0) is 17.6. The highest BCUT2D eigenvalue weighted by Gasteiger charge is 2.09. The van der Waals surface area contributed by atoms with E-state index >= 15 is 0 Å². The molecule has 6 heteroatoms. The number of anilines is 1. The Kier molecular flexibility index (Phi) is 5.79. The van der Waals surface area contributed by atoms with Crippen LogP contribution < -0.4 is 5.32 Å². The Labute approximate surface area is 156 Å². The Hall–Kier alpha value is -2.24. The molecule has 3 aromatic rings. The Morgan fingerprint density at radius 3 is 2.88 bits per heavy atom. The number of nitrogens with zero attached hydrogens (tertiary/aromatic N) is 2. The van der Waals surface area contributed by atoms with Crippen LogP contribution in [-0.4, -0.2) is 21.2 Å². The lowest BCUT2D eigenvalue weighted by Gasteiger charge is -2.09. The number of halogens is 1. The molecule has 0 aliphatic heterocycles. The molecule has 0 saturated heterocycles. The molecule has 2 aromatic carbocycles. The molecule has 1 N–H and O–H groups in total. The van der Waals surface area contributed by atoms with E-state index in [4.69, 9.17) is 11.6 Å². The van der Waals surface area contributed by atoms with Gasteiger partial charge in [-0.15, -0.1) is 0 Å². The van der Waals surface area contributed by atoms with Crippen molar-refractivity contribution in [2.75, 3.05) is 11.1 Å². The Balaban J connectivity index is 1.60. The van der Waals surface area contributed by atoms with Crippen LogP contribution in [0.15, 0.2) is 66.1 Å². The van der Waals surface area contributed by atoms with Crippen LogP contribution >= 0.6 is 23.4 Å². The summed E-state index contributed by atoms with van der Waals surface area (Å²) < 4.78 is 1.99. The molecule has 0 aliphatic rings. The summed E-state index contributed by atoms with van der Waals surface area (Å²) in [5.41, 5.74) is 2.94. The summed E-state index contributed by atoms with van der Waals surface area (Å²) >= 11 is 7.63. The number of rotatable bonds is 6. The average molecular weight is 372 g/mol. The third kappa shape index (κ3) is 4.87. The van der Waals surface area contributed by atoms with Crippen molar-refractivity contribution in [3.63, 3.8) is 0 Å². The molecule has 3 rings (SSSR count). The van der Waals surface area contributed by atoms with Crippen molar-refractivity contribution in [3.8, 4) is 0 Å². The van der Waals surface area contributed by atoms with Crippen molar-refractivity contribution >= 4 is 35.0 Å². The first-order valence-corrected chi connectivity index (χ1v) is 9.22. The maximum Gasteiger partial charge on any atom is 0.234 e. The van der Waals surface area contributed by atoms with Gasteiger partial charge in [-0.2, -0.15) is 0 Å². The zero-order valence-electron chi connectivity index (χ0n) is 13.8. The molecular formula is C19H18ClN3OS. The van der Waals surface area contributed by atoms with Crippen LogP contribution in [0.4, 0.5) is 5.69 Å². The van der Waals surface area contributed by atoms with Crippen LogP contribution in [0.2, 0.25) is 5.02 Å². The molecule has 0 radical (unpaired) electrons. The van der Waals surface area contributed by atoms with Gasteiger partial charge in [-0.3, -0.25) is 4.79 Å². The van der Waals surface area contributed by atoms with Gasteiger partial charge in [0.25, 0.3) is 0 Å². The number of hydrogen-bond donors (Lipinski definition) is 1. The minimum Gasteiger partial charge on any atom is -0.325 e. The lowest BCUT2D eigenvalue weighted by Crippen LogP contribution is -2.14. The highest BCUT2D eigenvalue weighted by atomic mass is 35.5. The van der Waals surface area contributed by atoms with Crippen molar-refractivity contribution < 1.29 is 4.79 Å².